The van der Waals surface area contributed by atoms with Crippen molar-refractivity contribution in [1.82, 2.24) is 0 Å². The molecule has 5 heteroatoms. The Hall–Kier alpha value is -1.20. The van der Waals surface area contributed by atoms with Gasteiger partial charge in [-0.05, 0) is 37.7 Å². The van der Waals surface area contributed by atoms with Crippen LogP contribution in [0.25, 0.3) is 0 Å². The first-order chi connectivity index (χ1) is 9.19. The Morgan fingerprint density at radius 3 is 2.95 bits per heavy atom. The summed E-state index contributed by atoms with van der Waals surface area (Å²) in [5, 5.41) is 17.4. The van der Waals surface area contributed by atoms with Crippen LogP contribution in [0.1, 0.15) is 24.8 Å². The van der Waals surface area contributed by atoms with Gasteiger partial charge >= 0.3 is 0 Å². The van der Waals surface area contributed by atoms with Gasteiger partial charge in [-0.2, -0.15) is 0 Å². The molecule has 0 spiro atoms. The molecule has 0 radical (unpaired) electrons. The highest BCUT2D eigenvalue weighted by Crippen LogP contribution is 2.33. The van der Waals surface area contributed by atoms with Gasteiger partial charge in [-0.3, -0.25) is 5.41 Å². The summed E-state index contributed by atoms with van der Waals surface area (Å²) in [4.78, 5) is 3.23. The van der Waals surface area contributed by atoms with E-state index in [9.17, 15) is 5.11 Å². The smallest absolute Gasteiger partial charge is 0.126 e. The highest BCUT2D eigenvalue weighted by molar-refractivity contribution is 7.98. The zero-order chi connectivity index (χ0) is 13.8. The molecule has 104 valence electrons. The van der Waals surface area contributed by atoms with Gasteiger partial charge in [0.25, 0.3) is 0 Å². The standard InChI is InChI=1S/C14H21N3OS/c1-19-12-7-4-6-11(13(12)14(15)16)17-8-3-2-5-10(17)9-18/h4,6-7,10,18H,2-3,5,8-9H2,1H3,(H3,15,16). The number of nitrogens with one attached hydrogen (secondary N) is 1. The molecule has 1 aliphatic heterocycles. The number of thioether (sulfide) groups is 1. The Morgan fingerprint density at radius 1 is 1.53 bits per heavy atom. The highest BCUT2D eigenvalue weighted by atomic mass is 32.2. The molecule has 0 saturated carbocycles. The summed E-state index contributed by atoms with van der Waals surface area (Å²) >= 11 is 1.60. The van der Waals surface area contributed by atoms with Crippen molar-refractivity contribution in [3.05, 3.63) is 23.8 Å². The molecule has 2 rings (SSSR count). The van der Waals surface area contributed by atoms with Crippen LogP contribution in [0.2, 0.25) is 0 Å². The first kappa shape index (κ1) is 14.2. The van der Waals surface area contributed by atoms with Gasteiger partial charge in [0.1, 0.15) is 5.84 Å². The SMILES string of the molecule is CSc1cccc(N2CCCCC2CO)c1C(=N)N. The number of anilines is 1. The van der Waals surface area contributed by atoms with Crippen LogP contribution in [0.15, 0.2) is 23.1 Å². The van der Waals surface area contributed by atoms with Gasteiger partial charge in [0, 0.05) is 17.1 Å². The number of aliphatic hydroxyl groups is 1. The van der Waals surface area contributed by atoms with Gasteiger partial charge in [-0.1, -0.05) is 6.07 Å². The van der Waals surface area contributed by atoms with Crippen molar-refractivity contribution in [1.29, 1.82) is 5.41 Å². The third kappa shape index (κ3) is 2.87. The summed E-state index contributed by atoms with van der Waals surface area (Å²) in [5.74, 6) is 0.0993. The lowest BCUT2D eigenvalue weighted by Gasteiger charge is -2.38. The first-order valence-electron chi connectivity index (χ1n) is 6.58. The Kier molecular flexibility index (Phi) is 4.71. The van der Waals surface area contributed by atoms with E-state index in [2.05, 4.69) is 4.90 Å². The molecule has 1 aromatic carbocycles. The maximum Gasteiger partial charge on any atom is 0.126 e. The van der Waals surface area contributed by atoms with Gasteiger partial charge in [-0.25, -0.2) is 0 Å². The van der Waals surface area contributed by atoms with E-state index < -0.39 is 0 Å². The molecule has 1 saturated heterocycles. The third-order valence-corrected chi connectivity index (χ3v) is 4.42. The monoisotopic (exact) mass is 279 g/mol. The van der Waals surface area contributed by atoms with Crippen molar-refractivity contribution < 1.29 is 5.11 Å². The van der Waals surface area contributed by atoms with E-state index in [1.54, 1.807) is 11.8 Å². The molecule has 4 nitrogen and oxygen atoms in total. The molecule has 0 aromatic heterocycles. The summed E-state index contributed by atoms with van der Waals surface area (Å²) in [6.07, 6.45) is 5.26. The number of nitrogens with zero attached hydrogens (tertiary/aromatic N) is 1. The lowest BCUT2D eigenvalue weighted by molar-refractivity contribution is 0.240. The largest absolute Gasteiger partial charge is 0.394 e. The maximum absolute atomic E-state index is 9.55. The molecule has 0 amide bonds. The fraction of sp³-hybridized carbons (Fsp3) is 0.500. The molecule has 0 bridgehead atoms. The van der Waals surface area contributed by atoms with Crippen LogP contribution in [0.5, 0.6) is 0 Å². The summed E-state index contributed by atoms with van der Waals surface area (Å²) in [5.41, 5.74) is 7.55. The number of benzene rings is 1. The third-order valence-electron chi connectivity index (χ3n) is 3.64. The van der Waals surface area contributed by atoms with Crippen LogP contribution in [0.4, 0.5) is 5.69 Å². The minimum Gasteiger partial charge on any atom is -0.394 e. The van der Waals surface area contributed by atoms with Crippen LogP contribution in [0.3, 0.4) is 0 Å². The number of hydrogen-bond acceptors (Lipinski definition) is 4. The maximum atomic E-state index is 9.55. The zero-order valence-corrected chi connectivity index (χ0v) is 12.0. The molecular weight excluding hydrogens is 258 g/mol. The Labute approximate surface area is 118 Å². The second-order valence-electron chi connectivity index (χ2n) is 4.79. The van der Waals surface area contributed by atoms with Crippen molar-refractivity contribution >= 4 is 23.3 Å². The van der Waals surface area contributed by atoms with Crippen LogP contribution < -0.4 is 10.6 Å². The minimum absolute atomic E-state index is 0.0993. The summed E-state index contributed by atoms with van der Waals surface area (Å²) in [7, 11) is 0. The molecule has 0 aliphatic carbocycles. The van der Waals surface area contributed by atoms with Gasteiger partial charge in [0.15, 0.2) is 0 Å². The summed E-state index contributed by atoms with van der Waals surface area (Å²) < 4.78 is 0. The molecule has 1 fully saturated rings. The summed E-state index contributed by atoms with van der Waals surface area (Å²) in [6, 6.07) is 6.13. The molecule has 4 N–H and O–H groups in total. The quantitative estimate of drug-likeness (QED) is 0.448. The molecular formula is C14H21N3OS. The molecule has 1 heterocycles. The van der Waals surface area contributed by atoms with E-state index in [1.165, 1.54) is 0 Å². The van der Waals surface area contributed by atoms with Crippen molar-refractivity contribution in [3.8, 4) is 0 Å². The fourth-order valence-electron chi connectivity index (χ4n) is 2.71. The van der Waals surface area contributed by atoms with E-state index in [4.69, 9.17) is 11.1 Å². The summed E-state index contributed by atoms with van der Waals surface area (Å²) in [6.45, 7) is 1.07. The number of aliphatic hydroxyl groups excluding tert-OH is 1. The average molecular weight is 279 g/mol. The number of nitrogen functional groups attached to an aromatic ring is 1. The van der Waals surface area contributed by atoms with E-state index in [1.807, 2.05) is 24.5 Å². The van der Waals surface area contributed by atoms with Gasteiger partial charge < -0.3 is 15.7 Å². The van der Waals surface area contributed by atoms with Crippen molar-refractivity contribution in [2.75, 3.05) is 24.3 Å². The molecule has 19 heavy (non-hydrogen) atoms. The Morgan fingerprint density at radius 2 is 2.32 bits per heavy atom. The van der Waals surface area contributed by atoms with E-state index in [-0.39, 0.29) is 18.5 Å². The minimum atomic E-state index is 0.0993. The van der Waals surface area contributed by atoms with Gasteiger partial charge in [0.05, 0.1) is 18.2 Å². The molecule has 1 unspecified atom stereocenters. The normalized spacial score (nSPS) is 19.5. The Balaban J connectivity index is 2.45. The number of piperidine rings is 1. The van der Waals surface area contributed by atoms with Crippen LogP contribution >= 0.6 is 11.8 Å². The van der Waals surface area contributed by atoms with Crippen molar-refractivity contribution in [3.63, 3.8) is 0 Å². The number of rotatable bonds is 4. The highest BCUT2D eigenvalue weighted by Gasteiger charge is 2.25. The van der Waals surface area contributed by atoms with Crippen LogP contribution in [-0.4, -0.2) is 36.4 Å². The van der Waals surface area contributed by atoms with Gasteiger partial charge in [0.2, 0.25) is 0 Å². The average Bonchev–Trinajstić information content (AvgIpc) is 2.46. The van der Waals surface area contributed by atoms with E-state index in [0.29, 0.717) is 0 Å². The molecule has 1 aliphatic rings. The first-order valence-corrected chi connectivity index (χ1v) is 7.80. The zero-order valence-electron chi connectivity index (χ0n) is 11.2. The van der Waals surface area contributed by atoms with Crippen molar-refractivity contribution in [2.24, 2.45) is 5.73 Å². The number of amidine groups is 1. The lowest BCUT2D eigenvalue weighted by Crippen LogP contribution is -2.43. The predicted octanol–water partition coefficient (Wildman–Crippen LogP) is 2.04. The second kappa shape index (κ2) is 6.30. The van der Waals surface area contributed by atoms with E-state index in [0.717, 1.165) is 42.0 Å². The second-order valence-corrected chi connectivity index (χ2v) is 5.64. The predicted molar refractivity (Wildman–Crippen MR) is 81.3 cm³/mol. The molecule has 1 atom stereocenters. The van der Waals surface area contributed by atoms with Crippen LogP contribution in [-0.2, 0) is 0 Å². The number of nitrogens with two attached hydrogens (primary N) is 1. The number of hydrogen-bond donors (Lipinski definition) is 3. The Bertz CT molecular complexity index is 464. The van der Waals surface area contributed by atoms with E-state index >= 15 is 0 Å². The molecule has 1 aromatic rings. The van der Waals surface area contributed by atoms with Crippen LogP contribution in [0, 0.1) is 5.41 Å². The van der Waals surface area contributed by atoms with Gasteiger partial charge in [-0.15, -0.1) is 11.8 Å². The lowest BCUT2D eigenvalue weighted by atomic mass is 10.00. The topological polar surface area (TPSA) is 73.3 Å². The fourth-order valence-corrected chi connectivity index (χ4v) is 3.34. The van der Waals surface area contributed by atoms with Crippen molar-refractivity contribution in [2.45, 2.75) is 30.2 Å².